The number of hydrogen-bond donors (Lipinski definition) is 0. The van der Waals surface area contributed by atoms with E-state index in [9.17, 15) is 4.79 Å². The standard InChI is InChI=1S/C14H25N3O3/c1-5-8-16(4)12-9-13(18)17(15-10-12)11-14(19-6-2)20-7-3/h9-10,14H,5-8,11H2,1-4H3. The van der Waals surface area contributed by atoms with Crippen LogP contribution in [0.4, 0.5) is 5.69 Å². The predicted molar refractivity (Wildman–Crippen MR) is 79.1 cm³/mol. The highest BCUT2D eigenvalue weighted by Crippen LogP contribution is 2.07. The molecule has 0 bridgehead atoms. The largest absolute Gasteiger partial charge is 0.373 e. The lowest BCUT2D eigenvalue weighted by molar-refractivity contribution is -0.145. The molecule has 1 rings (SSSR count). The van der Waals surface area contributed by atoms with Crippen molar-refractivity contribution in [3.05, 3.63) is 22.6 Å². The van der Waals surface area contributed by atoms with Crippen molar-refractivity contribution >= 4 is 5.69 Å². The summed E-state index contributed by atoms with van der Waals surface area (Å²) in [5.74, 6) is 0. The van der Waals surface area contributed by atoms with E-state index in [1.165, 1.54) is 4.68 Å². The molecule has 1 heterocycles. The van der Waals surface area contributed by atoms with E-state index < -0.39 is 6.29 Å². The molecule has 0 saturated heterocycles. The summed E-state index contributed by atoms with van der Waals surface area (Å²) < 4.78 is 12.2. The molecular formula is C14H25N3O3. The minimum absolute atomic E-state index is 0.144. The van der Waals surface area contributed by atoms with E-state index >= 15 is 0 Å². The highest BCUT2D eigenvalue weighted by atomic mass is 16.7. The topological polar surface area (TPSA) is 56.6 Å². The predicted octanol–water partition coefficient (Wildman–Crippen LogP) is 1.49. The van der Waals surface area contributed by atoms with Crippen molar-refractivity contribution in [2.75, 3.05) is 31.7 Å². The monoisotopic (exact) mass is 283 g/mol. The quantitative estimate of drug-likeness (QED) is 0.643. The van der Waals surface area contributed by atoms with Crippen LogP contribution in [0.25, 0.3) is 0 Å². The van der Waals surface area contributed by atoms with E-state index in [1.54, 1.807) is 12.3 Å². The van der Waals surface area contributed by atoms with Crippen molar-refractivity contribution in [3.8, 4) is 0 Å². The lowest BCUT2D eigenvalue weighted by Crippen LogP contribution is -2.32. The van der Waals surface area contributed by atoms with Gasteiger partial charge in [-0.15, -0.1) is 0 Å². The fourth-order valence-electron chi connectivity index (χ4n) is 1.90. The molecule has 0 amide bonds. The normalized spacial score (nSPS) is 11.1. The van der Waals surface area contributed by atoms with Crippen LogP contribution in [0, 0.1) is 0 Å². The maximum atomic E-state index is 12.1. The van der Waals surface area contributed by atoms with Crippen molar-refractivity contribution in [2.24, 2.45) is 0 Å². The summed E-state index contributed by atoms with van der Waals surface area (Å²) >= 11 is 0. The van der Waals surface area contributed by atoms with Gasteiger partial charge in [-0.1, -0.05) is 6.92 Å². The summed E-state index contributed by atoms with van der Waals surface area (Å²) in [7, 11) is 1.95. The van der Waals surface area contributed by atoms with Gasteiger partial charge in [0.25, 0.3) is 5.56 Å². The molecule has 1 aromatic rings. The first kappa shape index (κ1) is 16.7. The van der Waals surface area contributed by atoms with Gasteiger partial charge in [0.1, 0.15) is 0 Å². The zero-order chi connectivity index (χ0) is 15.0. The molecule has 20 heavy (non-hydrogen) atoms. The molecule has 0 radical (unpaired) electrons. The van der Waals surface area contributed by atoms with Crippen molar-refractivity contribution in [2.45, 2.75) is 40.0 Å². The first-order valence-corrected chi connectivity index (χ1v) is 7.13. The fraction of sp³-hybridized carbons (Fsp3) is 0.714. The third kappa shape index (κ3) is 4.94. The van der Waals surface area contributed by atoms with Gasteiger partial charge in [0.15, 0.2) is 6.29 Å². The van der Waals surface area contributed by atoms with Gasteiger partial charge >= 0.3 is 0 Å². The fourth-order valence-corrected chi connectivity index (χ4v) is 1.90. The number of aromatic nitrogens is 2. The molecule has 0 aliphatic carbocycles. The summed E-state index contributed by atoms with van der Waals surface area (Å²) in [5.41, 5.74) is 0.687. The van der Waals surface area contributed by atoms with Crippen LogP contribution in [-0.2, 0) is 16.0 Å². The molecule has 0 aliphatic heterocycles. The van der Waals surface area contributed by atoms with Crippen LogP contribution < -0.4 is 10.5 Å². The van der Waals surface area contributed by atoms with Crippen LogP contribution in [-0.4, -0.2) is 42.9 Å². The van der Waals surface area contributed by atoms with Crippen molar-refractivity contribution < 1.29 is 9.47 Å². The maximum absolute atomic E-state index is 12.1. The van der Waals surface area contributed by atoms with Crippen LogP contribution in [0.2, 0.25) is 0 Å². The summed E-state index contributed by atoms with van der Waals surface area (Å²) in [4.78, 5) is 14.1. The first-order chi connectivity index (χ1) is 9.62. The second-order valence-corrected chi connectivity index (χ2v) is 4.50. The molecule has 0 N–H and O–H groups in total. The highest BCUT2D eigenvalue weighted by Gasteiger charge is 2.11. The van der Waals surface area contributed by atoms with E-state index in [1.807, 2.05) is 25.8 Å². The van der Waals surface area contributed by atoms with Gasteiger partial charge in [-0.2, -0.15) is 5.10 Å². The van der Waals surface area contributed by atoms with E-state index in [4.69, 9.17) is 9.47 Å². The molecular weight excluding hydrogens is 258 g/mol. The minimum Gasteiger partial charge on any atom is -0.373 e. The van der Waals surface area contributed by atoms with Crippen LogP contribution in [0.1, 0.15) is 27.2 Å². The van der Waals surface area contributed by atoms with E-state index in [2.05, 4.69) is 12.0 Å². The van der Waals surface area contributed by atoms with Crippen LogP contribution in [0.15, 0.2) is 17.1 Å². The average molecular weight is 283 g/mol. The zero-order valence-corrected chi connectivity index (χ0v) is 12.8. The molecule has 0 aromatic carbocycles. The molecule has 0 spiro atoms. The highest BCUT2D eigenvalue weighted by molar-refractivity contribution is 5.41. The van der Waals surface area contributed by atoms with Gasteiger partial charge in [0, 0.05) is 32.9 Å². The number of anilines is 1. The Kier molecular flexibility index (Phi) is 7.25. The van der Waals surface area contributed by atoms with Crippen molar-refractivity contribution in [1.82, 2.24) is 9.78 Å². The van der Waals surface area contributed by atoms with E-state index in [0.29, 0.717) is 19.8 Å². The van der Waals surface area contributed by atoms with Gasteiger partial charge in [-0.3, -0.25) is 4.79 Å². The lowest BCUT2D eigenvalue weighted by Gasteiger charge is -2.20. The SMILES string of the molecule is CCCN(C)c1cnn(CC(OCC)OCC)c(=O)c1. The summed E-state index contributed by atoms with van der Waals surface area (Å²) in [6.07, 6.45) is 2.29. The van der Waals surface area contributed by atoms with E-state index in [0.717, 1.165) is 18.7 Å². The molecule has 0 aliphatic rings. The van der Waals surface area contributed by atoms with Gasteiger partial charge in [0.2, 0.25) is 0 Å². The second kappa shape index (κ2) is 8.71. The van der Waals surface area contributed by atoms with Crippen LogP contribution in [0.3, 0.4) is 0 Å². The second-order valence-electron chi connectivity index (χ2n) is 4.50. The van der Waals surface area contributed by atoms with E-state index in [-0.39, 0.29) is 5.56 Å². The molecule has 0 atom stereocenters. The Morgan fingerprint density at radius 1 is 1.30 bits per heavy atom. The van der Waals surface area contributed by atoms with Gasteiger partial charge < -0.3 is 14.4 Å². The molecule has 1 aromatic heterocycles. The number of ether oxygens (including phenoxy) is 2. The molecule has 114 valence electrons. The zero-order valence-electron chi connectivity index (χ0n) is 12.8. The molecule has 0 unspecified atom stereocenters. The van der Waals surface area contributed by atoms with Crippen LogP contribution in [0.5, 0.6) is 0 Å². The van der Waals surface area contributed by atoms with Gasteiger partial charge in [0.05, 0.1) is 18.4 Å². The molecule has 0 saturated carbocycles. The Morgan fingerprint density at radius 3 is 2.45 bits per heavy atom. The summed E-state index contributed by atoms with van der Waals surface area (Å²) in [6, 6.07) is 1.59. The van der Waals surface area contributed by atoms with Crippen molar-refractivity contribution in [3.63, 3.8) is 0 Å². The van der Waals surface area contributed by atoms with Crippen molar-refractivity contribution in [1.29, 1.82) is 0 Å². The molecule has 6 nitrogen and oxygen atoms in total. The molecule has 6 heteroatoms. The van der Waals surface area contributed by atoms with Crippen LogP contribution >= 0.6 is 0 Å². The smallest absolute Gasteiger partial charge is 0.268 e. The Labute approximate surface area is 120 Å². The Balaban J connectivity index is 2.79. The Hall–Kier alpha value is -1.40. The average Bonchev–Trinajstić information content (AvgIpc) is 2.42. The summed E-state index contributed by atoms with van der Waals surface area (Å²) in [5, 5.41) is 4.19. The maximum Gasteiger partial charge on any atom is 0.268 e. The van der Waals surface area contributed by atoms with Gasteiger partial charge in [-0.25, -0.2) is 4.68 Å². The minimum atomic E-state index is -0.436. The Morgan fingerprint density at radius 2 is 1.95 bits per heavy atom. The van der Waals surface area contributed by atoms with Gasteiger partial charge in [-0.05, 0) is 20.3 Å². The third-order valence-corrected chi connectivity index (χ3v) is 2.88. The Bertz CT molecular complexity index is 442. The molecule has 0 fully saturated rings. The summed E-state index contributed by atoms with van der Waals surface area (Å²) in [6.45, 7) is 8.16. The number of nitrogens with zero attached hydrogens (tertiary/aromatic N) is 3. The first-order valence-electron chi connectivity index (χ1n) is 7.13. The number of hydrogen-bond acceptors (Lipinski definition) is 5. The third-order valence-electron chi connectivity index (χ3n) is 2.88. The number of rotatable bonds is 9. The lowest BCUT2D eigenvalue weighted by atomic mass is 10.3.